The first kappa shape index (κ1) is 16.4. The van der Waals surface area contributed by atoms with E-state index < -0.39 is 0 Å². The van der Waals surface area contributed by atoms with E-state index in [0.717, 1.165) is 34.0 Å². The molecule has 3 nitrogen and oxygen atoms in total. The molecule has 0 aliphatic rings. The molecule has 3 heteroatoms. The lowest BCUT2D eigenvalue weighted by atomic mass is 9.97. The van der Waals surface area contributed by atoms with E-state index in [-0.39, 0.29) is 0 Å². The number of benzene rings is 2. The van der Waals surface area contributed by atoms with Crippen LogP contribution in [0.2, 0.25) is 0 Å². The van der Waals surface area contributed by atoms with Gasteiger partial charge < -0.3 is 4.42 Å². The van der Waals surface area contributed by atoms with Crippen molar-refractivity contribution in [1.29, 1.82) is 5.26 Å². The molecule has 0 saturated carbocycles. The molecule has 0 N–H and O–H groups in total. The van der Waals surface area contributed by atoms with Gasteiger partial charge in [0.2, 0.25) is 0 Å². The van der Waals surface area contributed by atoms with Crippen molar-refractivity contribution in [3.05, 3.63) is 65.4 Å². The van der Waals surface area contributed by atoms with Crippen molar-refractivity contribution in [2.75, 3.05) is 0 Å². The van der Waals surface area contributed by atoms with E-state index in [0.29, 0.717) is 17.1 Å². The fourth-order valence-electron chi connectivity index (χ4n) is 3.48. The monoisotopic (exact) mass is 340 g/mol. The standard InChI is InChI=1S/C23H20N2O/c1-14(2)10-17-11-21(25-13-15(17)3)20-9-5-8-19-18-7-4-6-16(12-24)22(18)26-23(19)20/h4-9,11,13-14H,10H2,1-3H3. The third-order valence-electron chi connectivity index (χ3n) is 4.76. The summed E-state index contributed by atoms with van der Waals surface area (Å²) in [6, 6.07) is 16.2. The maximum Gasteiger partial charge on any atom is 0.153 e. The number of aromatic nitrogens is 1. The average Bonchev–Trinajstić information content (AvgIpc) is 3.02. The Labute approximate surface area is 152 Å². The number of aryl methyl sites for hydroxylation is 1. The van der Waals surface area contributed by atoms with Gasteiger partial charge in [0.1, 0.15) is 11.7 Å². The molecule has 4 rings (SSSR count). The molecule has 0 unspecified atom stereocenters. The lowest BCUT2D eigenvalue weighted by molar-refractivity contribution is 0.644. The summed E-state index contributed by atoms with van der Waals surface area (Å²) >= 11 is 0. The van der Waals surface area contributed by atoms with Crippen LogP contribution in [0.25, 0.3) is 33.2 Å². The van der Waals surface area contributed by atoms with E-state index in [1.165, 1.54) is 11.1 Å². The molecule has 0 radical (unpaired) electrons. The number of nitriles is 1. The highest BCUT2D eigenvalue weighted by atomic mass is 16.3. The second-order valence-corrected chi connectivity index (χ2v) is 7.17. The first-order valence-electron chi connectivity index (χ1n) is 8.88. The zero-order valence-electron chi connectivity index (χ0n) is 15.2. The number of rotatable bonds is 3. The zero-order valence-corrected chi connectivity index (χ0v) is 15.2. The smallest absolute Gasteiger partial charge is 0.153 e. The number of hydrogen-bond donors (Lipinski definition) is 0. The molecule has 2 heterocycles. The largest absolute Gasteiger partial charge is 0.454 e. The van der Waals surface area contributed by atoms with E-state index >= 15 is 0 Å². The first-order valence-corrected chi connectivity index (χ1v) is 8.88. The highest BCUT2D eigenvalue weighted by Gasteiger charge is 2.15. The van der Waals surface area contributed by atoms with Gasteiger partial charge >= 0.3 is 0 Å². The van der Waals surface area contributed by atoms with Crippen LogP contribution in [0, 0.1) is 24.2 Å². The van der Waals surface area contributed by atoms with Gasteiger partial charge in [0.15, 0.2) is 5.58 Å². The van der Waals surface area contributed by atoms with Gasteiger partial charge in [-0.3, -0.25) is 4.98 Å². The van der Waals surface area contributed by atoms with Gasteiger partial charge in [0, 0.05) is 22.5 Å². The summed E-state index contributed by atoms with van der Waals surface area (Å²) in [5, 5.41) is 11.4. The number of hydrogen-bond acceptors (Lipinski definition) is 3. The molecule has 0 aliphatic heterocycles. The van der Waals surface area contributed by atoms with Gasteiger partial charge in [0.05, 0.1) is 11.3 Å². The zero-order chi connectivity index (χ0) is 18.3. The predicted octanol–water partition coefficient (Wildman–Crippen LogP) is 6.03. The molecule has 0 aliphatic carbocycles. The molecule has 2 aromatic carbocycles. The van der Waals surface area contributed by atoms with Crippen LogP contribution in [0.5, 0.6) is 0 Å². The van der Waals surface area contributed by atoms with Gasteiger partial charge in [-0.1, -0.05) is 38.1 Å². The van der Waals surface area contributed by atoms with Crippen LogP contribution in [0.15, 0.2) is 53.1 Å². The molecule has 0 spiro atoms. The Morgan fingerprint density at radius 3 is 2.54 bits per heavy atom. The molecule has 4 aromatic rings. The lowest BCUT2D eigenvalue weighted by Gasteiger charge is -2.10. The summed E-state index contributed by atoms with van der Waals surface area (Å²) in [6.07, 6.45) is 2.96. The molecular formula is C23H20N2O. The predicted molar refractivity (Wildman–Crippen MR) is 105 cm³/mol. The van der Waals surface area contributed by atoms with Crippen LogP contribution in [-0.2, 0) is 6.42 Å². The second kappa shape index (κ2) is 6.31. The van der Waals surface area contributed by atoms with Crippen LogP contribution < -0.4 is 0 Å². The Morgan fingerprint density at radius 2 is 1.81 bits per heavy atom. The first-order chi connectivity index (χ1) is 12.6. The molecule has 0 amide bonds. The van der Waals surface area contributed by atoms with Crippen LogP contribution in [0.3, 0.4) is 0 Å². The summed E-state index contributed by atoms with van der Waals surface area (Å²) in [4.78, 5) is 4.65. The van der Waals surface area contributed by atoms with E-state index in [9.17, 15) is 5.26 Å². The quantitative estimate of drug-likeness (QED) is 0.458. The number of fused-ring (bicyclic) bond motifs is 3. The molecular weight excluding hydrogens is 320 g/mol. The van der Waals surface area contributed by atoms with E-state index in [1.54, 1.807) is 6.07 Å². The van der Waals surface area contributed by atoms with Crippen molar-refractivity contribution in [3.63, 3.8) is 0 Å². The maximum absolute atomic E-state index is 9.38. The van der Waals surface area contributed by atoms with E-state index in [2.05, 4.69) is 37.9 Å². The lowest BCUT2D eigenvalue weighted by Crippen LogP contribution is -1.99. The Morgan fingerprint density at radius 1 is 1.08 bits per heavy atom. The highest BCUT2D eigenvalue weighted by Crippen LogP contribution is 2.36. The van der Waals surface area contributed by atoms with Gasteiger partial charge in [0.25, 0.3) is 0 Å². The fourth-order valence-corrected chi connectivity index (χ4v) is 3.48. The van der Waals surface area contributed by atoms with E-state index in [1.807, 2.05) is 36.5 Å². The number of nitrogens with zero attached hydrogens (tertiary/aromatic N) is 2. The Hall–Kier alpha value is -3.12. The van der Waals surface area contributed by atoms with Crippen molar-refractivity contribution in [2.24, 2.45) is 5.92 Å². The van der Waals surface area contributed by atoms with Crippen molar-refractivity contribution >= 4 is 21.9 Å². The Bertz CT molecular complexity index is 1160. The highest BCUT2D eigenvalue weighted by molar-refractivity contribution is 6.10. The van der Waals surface area contributed by atoms with Crippen LogP contribution in [0.1, 0.15) is 30.5 Å². The normalized spacial score (nSPS) is 11.3. The summed E-state index contributed by atoms with van der Waals surface area (Å²) < 4.78 is 6.15. The summed E-state index contributed by atoms with van der Waals surface area (Å²) in [6.45, 7) is 6.56. The fraction of sp³-hybridized carbons (Fsp3) is 0.217. The molecule has 128 valence electrons. The second-order valence-electron chi connectivity index (χ2n) is 7.17. The Balaban J connectivity index is 1.97. The Kier molecular flexibility index (Phi) is 3.97. The number of furan rings is 1. The summed E-state index contributed by atoms with van der Waals surface area (Å²) in [5.41, 5.74) is 6.40. The van der Waals surface area contributed by atoms with Gasteiger partial charge in [-0.2, -0.15) is 5.26 Å². The molecule has 0 saturated heterocycles. The van der Waals surface area contributed by atoms with Crippen LogP contribution in [0.4, 0.5) is 0 Å². The number of para-hydroxylation sites is 2. The van der Waals surface area contributed by atoms with Gasteiger partial charge in [-0.05, 0) is 48.6 Å². The average molecular weight is 340 g/mol. The molecule has 2 aromatic heterocycles. The minimum atomic E-state index is 0.557. The van der Waals surface area contributed by atoms with E-state index in [4.69, 9.17) is 4.42 Å². The minimum Gasteiger partial charge on any atom is -0.454 e. The van der Waals surface area contributed by atoms with Gasteiger partial charge in [-0.25, -0.2) is 0 Å². The van der Waals surface area contributed by atoms with Gasteiger partial charge in [-0.15, -0.1) is 0 Å². The van der Waals surface area contributed by atoms with Crippen molar-refractivity contribution in [2.45, 2.75) is 27.2 Å². The van der Waals surface area contributed by atoms with Crippen molar-refractivity contribution in [3.8, 4) is 17.3 Å². The topological polar surface area (TPSA) is 49.8 Å². The van der Waals surface area contributed by atoms with Crippen molar-refractivity contribution in [1.82, 2.24) is 4.98 Å². The third-order valence-corrected chi connectivity index (χ3v) is 4.76. The molecule has 0 atom stereocenters. The third kappa shape index (κ3) is 2.64. The summed E-state index contributed by atoms with van der Waals surface area (Å²) in [7, 11) is 0. The molecule has 0 fully saturated rings. The SMILES string of the molecule is Cc1cnc(-c2cccc3c2oc2c(C#N)cccc23)cc1CC(C)C. The molecule has 0 bridgehead atoms. The van der Waals surface area contributed by atoms with Crippen LogP contribution in [-0.4, -0.2) is 4.98 Å². The summed E-state index contributed by atoms with van der Waals surface area (Å²) in [5.74, 6) is 0.587. The van der Waals surface area contributed by atoms with Crippen LogP contribution >= 0.6 is 0 Å². The minimum absolute atomic E-state index is 0.557. The number of pyridine rings is 1. The molecule has 26 heavy (non-hydrogen) atoms. The maximum atomic E-state index is 9.38. The van der Waals surface area contributed by atoms with Crippen molar-refractivity contribution < 1.29 is 4.42 Å².